The summed E-state index contributed by atoms with van der Waals surface area (Å²) in [5, 5.41) is 25.4. The fourth-order valence-corrected chi connectivity index (χ4v) is 4.97. The molecule has 0 radical (unpaired) electrons. The van der Waals surface area contributed by atoms with Crippen molar-refractivity contribution in [2.24, 2.45) is 34.7 Å². The van der Waals surface area contributed by atoms with E-state index in [0.29, 0.717) is 31.1 Å². The van der Waals surface area contributed by atoms with Crippen LogP contribution in [0.2, 0.25) is 0 Å². The highest BCUT2D eigenvalue weighted by Crippen LogP contribution is 2.49. The summed E-state index contributed by atoms with van der Waals surface area (Å²) in [4.78, 5) is 44.2. The van der Waals surface area contributed by atoms with Crippen LogP contribution in [0.1, 0.15) is 46.5 Å². The van der Waals surface area contributed by atoms with Gasteiger partial charge in [-0.1, -0.05) is 19.0 Å². The minimum Gasteiger partial charge on any atom is -0.466 e. The Hall–Kier alpha value is -2.00. The van der Waals surface area contributed by atoms with Gasteiger partial charge in [0, 0.05) is 24.8 Å². The van der Waals surface area contributed by atoms with Gasteiger partial charge in [0.2, 0.25) is 11.8 Å². The van der Waals surface area contributed by atoms with Gasteiger partial charge < -0.3 is 19.8 Å². The molecule has 1 heterocycles. The molecule has 0 unspecified atom stereocenters. The monoisotopic (exact) mass is 424 g/mol. The van der Waals surface area contributed by atoms with E-state index < -0.39 is 35.9 Å². The summed E-state index contributed by atoms with van der Waals surface area (Å²) in [7, 11) is 0. The normalized spacial score (nSPS) is 34.9. The molecule has 9 nitrogen and oxygen atoms in total. The topological polar surface area (TPSA) is 126 Å². The molecule has 0 bridgehead atoms. The van der Waals surface area contributed by atoms with Crippen molar-refractivity contribution in [2.75, 3.05) is 19.8 Å². The first-order valence-corrected chi connectivity index (χ1v) is 10.8. The molecule has 0 aromatic heterocycles. The second-order valence-electron chi connectivity index (χ2n) is 8.81. The van der Waals surface area contributed by atoms with Crippen LogP contribution in [0.3, 0.4) is 0 Å². The lowest BCUT2D eigenvalue weighted by molar-refractivity contribution is -0.145. The number of rotatable bonds is 7. The molecule has 9 heteroatoms. The number of nitrogens with zero attached hydrogens (tertiary/aromatic N) is 2. The predicted molar refractivity (Wildman–Crippen MR) is 106 cm³/mol. The number of oxime groups is 1. The van der Waals surface area contributed by atoms with E-state index in [0.717, 1.165) is 4.90 Å². The number of amides is 2. The Bertz CT molecular complexity index is 707. The molecule has 2 aliphatic carbocycles. The van der Waals surface area contributed by atoms with Gasteiger partial charge in [-0.25, -0.2) is 0 Å². The second kappa shape index (κ2) is 9.43. The lowest BCUT2D eigenvalue weighted by Gasteiger charge is -2.45. The van der Waals surface area contributed by atoms with Gasteiger partial charge in [0.1, 0.15) is 6.61 Å². The van der Waals surface area contributed by atoms with E-state index in [1.54, 1.807) is 6.92 Å². The zero-order valence-corrected chi connectivity index (χ0v) is 17.8. The lowest BCUT2D eigenvalue weighted by atomic mass is 9.60. The van der Waals surface area contributed by atoms with Gasteiger partial charge in [-0.3, -0.25) is 19.3 Å². The molecule has 2 saturated carbocycles. The molecule has 2 N–H and O–H groups in total. The van der Waals surface area contributed by atoms with E-state index in [1.165, 1.54) is 0 Å². The molecule has 0 aromatic carbocycles. The van der Waals surface area contributed by atoms with Crippen LogP contribution in [0.5, 0.6) is 0 Å². The number of esters is 1. The number of ether oxygens (including phenoxy) is 1. The highest BCUT2D eigenvalue weighted by atomic mass is 16.6. The number of aliphatic hydroxyl groups is 2. The molecule has 3 fully saturated rings. The number of aliphatic hydroxyl groups excluding tert-OH is 2. The number of carbonyl (C=O) groups excluding carboxylic acids is 3. The summed E-state index contributed by atoms with van der Waals surface area (Å²) in [5.74, 6) is -2.96. The minimum atomic E-state index is -1.12. The average Bonchev–Trinajstić information content (AvgIpc) is 2.94. The molecule has 2 amide bonds. The largest absolute Gasteiger partial charge is 0.466 e. The molecule has 30 heavy (non-hydrogen) atoms. The fourth-order valence-electron chi connectivity index (χ4n) is 4.97. The Balaban J connectivity index is 1.79. The summed E-state index contributed by atoms with van der Waals surface area (Å²) in [5.41, 5.74) is 0.641. The molecule has 0 aromatic rings. The zero-order valence-electron chi connectivity index (χ0n) is 17.8. The first-order chi connectivity index (χ1) is 14.3. The smallest absolute Gasteiger partial charge is 0.307 e. The first-order valence-electron chi connectivity index (χ1n) is 10.8. The van der Waals surface area contributed by atoms with Crippen LogP contribution in [-0.2, 0) is 24.0 Å². The fraction of sp³-hybridized carbons (Fsp3) is 0.810. The van der Waals surface area contributed by atoms with Gasteiger partial charge >= 0.3 is 5.97 Å². The second-order valence-corrected chi connectivity index (χ2v) is 8.81. The van der Waals surface area contributed by atoms with Crippen LogP contribution in [0, 0.1) is 29.6 Å². The SMILES string of the molecule is CCOC(=O)CCN1C(=O)[C@H]2[C@H]3[C@H](O)[C@H](O)CC(=NOCC(C)C)[C@@H]3CC[C@H]2C1=O. The molecule has 6 atom stereocenters. The number of carbonyl (C=O) groups is 3. The number of hydrogen-bond donors (Lipinski definition) is 2. The van der Waals surface area contributed by atoms with Crippen LogP contribution in [0.4, 0.5) is 0 Å². The molecule has 3 aliphatic rings. The van der Waals surface area contributed by atoms with Crippen molar-refractivity contribution >= 4 is 23.5 Å². The summed E-state index contributed by atoms with van der Waals surface area (Å²) < 4.78 is 4.89. The lowest BCUT2D eigenvalue weighted by Crippen LogP contribution is -2.54. The van der Waals surface area contributed by atoms with Crippen molar-refractivity contribution in [3.05, 3.63) is 0 Å². The third-order valence-electron chi connectivity index (χ3n) is 6.31. The quantitative estimate of drug-likeness (QED) is 0.350. The van der Waals surface area contributed by atoms with Crippen molar-refractivity contribution in [3.63, 3.8) is 0 Å². The third kappa shape index (κ3) is 4.37. The zero-order chi connectivity index (χ0) is 22.0. The molecule has 1 saturated heterocycles. The first kappa shape index (κ1) is 22.7. The van der Waals surface area contributed by atoms with Gasteiger partial charge in [-0.15, -0.1) is 0 Å². The maximum Gasteiger partial charge on any atom is 0.307 e. The van der Waals surface area contributed by atoms with Crippen LogP contribution in [0.15, 0.2) is 5.16 Å². The van der Waals surface area contributed by atoms with Crippen molar-refractivity contribution in [1.82, 2.24) is 4.90 Å². The van der Waals surface area contributed by atoms with Gasteiger partial charge in [0.05, 0.1) is 42.8 Å². The minimum absolute atomic E-state index is 0.0298. The summed E-state index contributed by atoms with van der Waals surface area (Å²) >= 11 is 0. The van der Waals surface area contributed by atoms with E-state index in [-0.39, 0.29) is 43.7 Å². The van der Waals surface area contributed by atoms with Gasteiger partial charge in [0.25, 0.3) is 0 Å². The Kier molecular flexibility index (Phi) is 7.13. The predicted octanol–water partition coefficient (Wildman–Crippen LogP) is 0.721. The number of hydrogen-bond acceptors (Lipinski definition) is 8. The molecule has 0 spiro atoms. The van der Waals surface area contributed by atoms with Crippen molar-refractivity contribution in [2.45, 2.75) is 58.7 Å². The number of fused-ring (bicyclic) bond motifs is 3. The van der Waals surface area contributed by atoms with Gasteiger partial charge in [-0.05, 0) is 25.7 Å². The maximum absolute atomic E-state index is 13.1. The van der Waals surface area contributed by atoms with E-state index in [2.05, 4.69) is 5.16 Å². The van der Waals surface area contributed by atoms with Crippen LogP contribution >= 0.6 is 0 Å². The molecular weight excluding hydrogens is 392 g/mol. The standard InChI is InChI=1S/C21H32N2O7/c1-4-29-16(25)7-8-23-20(27)13-6-5-12-14(22-30-10-11(2)3)9-15(24)19(26)17(12)18(13)21(23)28/h11-13,15,17-19,24,26H,4-10H2,1-3H3/t12-,13+,15+,17-,18+,19+/m0/s1. The van der Waals surface area contributed by atoms with E-state index in [4.69, 9.17) is 9.57 Å². The molecule has 3 rings (SSSR count). The summed E-state index contributed by atoms with van der Waals surface area (Å²) in [6, 6.07) is 0. The van der Waals surface area contributed by atoms with E-state index in [1.807, 2.05) is 13.8 Å². The summed E-state index contributed by atoms with van der Waals surface area (Å²) in [6.45, 7) is 6.34. The van der Waals surface area contributed by atoms with Crippen LogP contribution in [0.25, 0.3) is 0 Å². The highest BCUT2D eigenvalue weighted by molar-refractivity contribution is 6.06. The van der Waals surface area contributed by atoms with Crippen molar-refractivity contribution in [3.8, 4) is 0 Å². The molecular formula is C21H32N2O7. The van der Waals surface area contributed by atoms with E-state index in [9.17, 15) is 24.6 Å². The summed E-state index contributed by atoms with van der Waals surface area (Å²) in [6.07, 6.45) is -0.967. The van der Waals surface area contributed by atoms with E-state index >= 15 is 0 Å². The van der Waals surface area contributed by atoms with Crippen molar-refractivity contribution in [1.29, 1.82) is 0 Å². The number of imide groups is 1. The Labute approximate surface area is 176 Å². The third-order valence-corrected chi connectivity index (χ3v) is 6.31. The maximum atomic E-state index is 13.1. The highest BCUT2D eigenvalue weighted by Gasteiger charge is 2.59. The van der Waals surface area contributed by atoms with Gasteiger partial charge in [0.15, 0.2) is 0 Å². The Morgan fingerprint density at radius 3 is 2.57 bits per heavy atom. The van der Waals surface area contributed by atoms with Crippen LogP contribution in [-0.4, -0.2) is 70.6 Å². The Morgan fingerprint density at radius 2 is 1.90 bits per heavy atom. The van der Waals surface area contributed by atoms with Gasteiger partial charge in [-0.2, -0.15) is 0 Å². The number of likely N-dealkylation sites (tertiary alicyclic amines) is 1. The average molecular weight is 424 g/mol. The molecule has 1 aliphatic heterocycles. The molecule has 168 valence electrons. The van der Waals surface area contributed by atoms with Crippen molar-refractivity contribution < 1.29 is 34.2 Å². The Morgan fingerprint density at radius 1 is 1.20 bits per heavy atom. The van der Waals surface area contributed by atoms with Crippen LogP contribution < -0.4 is 0 Å².